The molecule has 1 aromatic carbocycles. The van der Waals surface area contributed by atoms with Gasteiger partial charge in [-0.25, -0.2) is 4.39 Å². The standard InChI is InChI=1S/C15H23F/c1-3-5-7-13(6-4-2)12-14-8-10-15(16)11-9-14/h8-11,13H,3-7,12H2,1-2H3. The van der Waals surface area contributed by atoms with E-state index in [1.807, 2.05) is 12.1 Å². The third-order valence-corrected chi connectivity index (χ3v) is 3.10. The highest BCUT2D eigenvalue weighted by atomic mass is 19.1. The van der Waals surface area contributed by atoms with Crippen molar-refractivity contribution >= 4 is 0 Å². The molecule has 0 saturated carbocycles. The molecule has 0 radical (unpaired) electrons. The molecule has 0 aromatic heterocycles. The van der Waals surface area contributed by atoms with Crippen LogP contribution in [-0.2, 0) is 6.42 Å². The monoisotopic (exact) mass is 222 g/mol. The molecule has 1 unspecified atom stereocenters. The van der Waals surface area contributed by atoms with Gasteiger partial charge >= 0.3 is 0 Å². The van der Waals surface area contributed by atoms with E-state index >= 15 is 0 Å². The van der Waals surface area contributed by atoms with Crippen molar-refractivity contribution in [1.82, 2.24) is 0 Å². The second kappa shape index (κ2) is 7.43. The van der Waals surface area contributed by atoms with E-state index in [1.165, 1.54) is 37.7 Å². The van der Waals surface area contributed by atoms with Gasteiger partial charge in [0.15, 0.2) is 0 Å². The van der Waals surface area contributed by atoms with Crippen molar-refractivity contribution in [2.75, 3.05) is 0 Å². The van der Waals surface area contributed by atoms with Gasteiger partial charge in [0.05, 0.1) is 0 Å². The van der Waals surface area contributed by atoms with Gasteiger partial charge in [0, 0.05) is 0 Å². The minimum Gasteiger partial charge on any atom is -0.207 e. The van der Waals surface area contributed by atoms with Gasteiger partial charge in [-0.1, -0.05) is 58.1 Å². The fourth-order valence-electron chi connectivity index (χ4n) is 2.20. The molecule has 1 heteroatoms. The summed E-state index contributed by atoms with van der Waals surface area (Å²) in [5, 5.41) is 0. The van der Waals surface area contributed by atoms with Crippen LogP contribution < -0.4 is 0 Å². The summed E-state index contributed by atoms with van der Waals surface area (Å²) in [7, 11) is 0. The van der Waals surface area contributed by atoms with Gasteiger partial charge in [-0.3, -0.25) is 0 Å². The van der Waals surface area contributed by atoms with Crippen LogP contribution in [-0.4, -0.2) is 0 Å². The van der Waals surface area contributed by atoms with Crippen molar-refractivity contribution in [3.05, 3.63) is 35.6 Å². The van der Waals surface area contributed by atoms with E-state index in [9.17, 15) is 4.39 Å². The Kier molecular flexibility index (Phi) is 6.14. The average Bonchev–Trinajstić information content (AvgIpc) is 2.29. The summed E-state index contributed by atoms with van der Waals surface area (Å²) in [6.07, 6.45) is 7.53. The Balaban J connectivity index is 2.49. The van der Waals surface area contributed by atoms with Crippen molar-refractivity contribution in [2.24, 2.45) is 5.92 Å². The number of hydrogen-bond acceptors (Lipinski definition) is 0. The van der Waals surface area contributed by atoms with Crippen LogP contribution in [0, 0.1) is 11.7 Å². The molecule has 0 N–H and O–H groups in total. The Morgan fingerprint density at radius 2 is 1.69 bits per heavy atom. The Morgan fingerprint density at radius 1 is 1.00 bits per heavy atom. The molecule has 16 heavy (non-hydrogen) atoms. The SMILES string of the molecule is CCCCC(CCC)Cc1ccc(F)cc1. The maximum Gasteiger partial charge on any atom is 0.123 e. The molecule has 1 rings (SSSR count). The summed E-state index contributed by atoms with van der Waals surface area (Å²) in [6.45, 7) is 4.48. The van der Waals surface area contributed by atoms with Crippen molar-refractivity contribution in [3.63, 3.8) is 0 Å². The summed E-state index contributed by atoms with van der Waals surface area (Å²) >= 11 is 0. The predicted octanol–water partition coefficient (Wildman–Crippen LogP) is 4.97. The van der Waals surface area contributed by atoms with Gasteiger partial charge in [0.1, 0.15) is 5.82 Å². The van der Waals surface area contributed by atoms with E-state index in [-0.39, 0.29) is 5.82 Å². The zero-order valence-electron chi connectivity index (χ0n) is 10.5. The lowest BCUT2D eigenvalue weighted by Gasteiger charge is -2.15. The lowest BCUT2D eigenvalue weighted by molar-refractivity contribution is 0.427. The van der Waals surface area contributed by atoms with E-state index in [2.05, 4.69) is 13.8 Å². The smallest absolute Gasteiger partial charge is 0.123 e. The Bertz CT molecular complexity index is 276. The van der Waals surface area contributed by atoms with Crippen LogP contribution in [0.25, 0.3) is 0 Å². The molecule has 0 spiro atoms. The van der Waals surface area contributed by atoms with Crippen LogP contribution in [0.3, 0.4) is 0 Å². The third-order valence-electron chi connectivity index (χ3n) is 3.10. The van der Waals surface area contributed by atoms with Gasteiger partial charge in [-0.05, 0) is 30.0 Å². The molecule has 0 amide bonds. The quantitative estimate of drug-likeness (QED) is 0.610. The van der Waals surface area contributed by atoms with Crippen molar-refractivity contribution < 1.29 is 4.39 Å². The highest BCUT2D eigenvalue weighted by molar-refractivity contribution is 5.16. The molecule has 0 bridgehead atoms. The molecule has 0 fully saturated rings. The molecule has 0 saturated heterocycles. The number of benzene rings is 1. The van der Waals surface area contributed by atoms with Crippen molar-refractivity contribution in [2.45, 2.75) is 52.4 Å². The molecule has 0 nitrogen and oxygen atoms in total. The molecule has 1 aromatic rings. The Hall–Kier alpha value is -0.850. The minimum atomic E-state index is -0.135. The summed E-state index contributed by atoms with van der Waals surface area (Å²) in [6, 6.07) is 6.98. The highest BCUT2D eigenvalue weighted by Crippen LogP contribution is 2.20. The first-order chi connectivity index (χ1) is 7.76. The van der Waals surface area contributed by atoms with Gasteiger partial charge in [-0.2, -0.15) is 0 Å². The molecule has 0 aliphatic carbocycles. The first-order valence-electron chi connectivity index (χ1n) is 6.50. The molecule has 0 aliphatic heterocycles. The van der Waals surface area contributed by atoms with Gasteiger partial charge in [-0.15, -0.1) is 0 Å². The molecule has 0 heterocycles. The summed E-state index contributed by atoms with van der Waals surface area (Å²) in [5.74, 6) is 0.639. The van der Waals surface area contributed by atoms with E-state index in [1.54, 1.807) is 12.1 Å². The third kappa shape index (κ3) is 4.78. The largest absolute Gasteiger partial charge is 0.207 e. The molecular weight excluding hydrogens is 199 g/mol. The second-order valence-electron chi connectivity index (χ2n) is 4.63. The highest BCUT2D eigenvalue weighted by Gasteiger charge is 2.08. The Labute approximate surface area is 98.9 Å². The van der Waals surface area contributed by atoms with Crippen LogP contribution in [0.5, 0.6) is 0 Å². The number of halogens is 1. The zero-order valence-corrected chi connectivity index (χ0v) is 10.5. The lowest BCUT2D eigenvalue weighted by atomic mass is 9.90. The molecule has 0 aliphatic rings. The lowest BCUT2D eigenvalue weighted by Crippen LogP contribution is -2.04. The van der Waals surface area contributed by atoms with Crippen LogP contribution in [0.2, 0.25) is 0 Å². The van der Waals surface area contributed by atoms with Gasteiger partial charge in [0.2, 0.25) is 0 Å². The predicted molar refractivity (Wildman–Crippen MR) is 68.0 cm³/mol. The van der Waals surface area contributed by atoms with E-state index < -0.39 is 0 Å². The van der Waals surface area contributed by atoms with Crippen molar-refractivity contribution in [3.8, 4) is 0 Å². The zero-order chi connectivity index (χ0) is 11.8. The van der Waals surface area contributed by atoms with E-state index in [0.29, 0.717) is 0 Å². The van der Waals surface area contributed by atoms with Crippen LogP contribution in [0.15, 0.2) is 24.3 Å². The summed E-state index contributed by atoms with van der Waals surface area (Å²) < 4.78 is 12.8. The van der Waals surface area contributed by atoms with Crippen LogP contribution >= 0.6 is 0 Å². The molecule has 1 atom stereocenters. The van der Waals surface area contributed by atoms with Crippen molar-refractivity contribution in [1.29, 1.82) is 0 Å². The molecular formula is C15H23F. The fraction of sp³-hybridized carbons (Fsp3) is 0.600. The minimum absolute atomic E-state index is 0.135. The first-order valence-corrected chi connectivity index (χ1v) is 6.50. The normalized spacial score (nSPS) is 12.7. The molecule has 90 valence electrons. The van der Waals surface area contributed by atoms with Crippen LogP contribution in [0.4, 0.5) is 4.39 Å². The maximum atomic E-state index is 12.8. The Morgan fingerprint density at radius 3 is 2.25 bits per heavy atom. The van der Waals surface area contributed by atoms with E-state index in [0.717, 1.165) is 12.3 Å². The summed E-state index contributed by atoms with van der Waals surface area (Å²) in [5.41, 5.74) is 1.27. The maximum absolute atomic E-state index is 12.8. The number of unbranched alkanes of at least 4 members (excludes halogenated alkanes) is 1. The van der Waals surface area contributed by atoms with Gasteiger partial charge < -0.3 is 0 Å². The van der Waals surface area contributed by atoms with Crippen LogP contribution in [0.1, 0.15) is 51.5 Å². The first kappa shape index (κ1) is 13.2. The second-order valence-corrected chi connectivity index (χ2v) is 4.63. The fourth-order valence-corrected chi connectivity index (χ4v) is 2.20. The number of hydrogen-bond donors (Lipinski definition) is 0. The number of rotatable bonds is 7. The average molecular weight is 222 g/mol. The topological polar surface area (TPSA) is 0 Å². The van der Waals surface area contributed by atoms with Gasteiger partial charge in [0.25, 0.3) is 0 Å². The van der Waals surface area contributed by atoms with E-state index in [4.69, 9.17) is 0 Å². The summed E-state index contributed by atoms with van der Waals surface area (Å²) in [4.78, 5) is 0.